The second-order valence-corrected chi connectivity index (χ2v) is 5.18. The van der Waals surface area contributed by atoms with E-state index in [-0.39, 0.29) is 36.8 Å². The molecule has 0 heterocycles. The molecule has 1 aromatic carbocycles. The summed E-state index contributed by atoms with van der Waals surface area (Å²) in [6.07, 6.45) is 0. The van der Waals surface area contributed by atoms with Crippen LogP contribution in [0.25, 0.3) is 0 Å². The Morgan fingerprint density at radius 2 is 1.91 bits per heavy atom. The summed E-state index contributed by atoms with van der Waals surface area (Å²) in [7, 11) is 1.45. The molecular weight excluding hydrogens is 289 g/mol. The van der Waals surface area contributed by atoms with Gasteiger partial charge in [0.25, 0.3) is 0 Å². The second-order valence-electron chi connectivity index (χ2n) is 5.18. The fourth-order valence-corrected chi connectivity index (χ4v) is 1.87. The van der Waals surface area contributed by atoms with Gasteiger partial charge in [-0.25, -0.2) is 4.39 Å². The molecule has 0 aliphatic heterocycles. The number of anilines is 1. The number of halogens is 1. The Labute approximate surface area is 129 Å². The molecule has 1 aromatic rings. The van der Waals surface area contributed by atoms with Gasteiger partial charge in [0.1, 0.15) is 18.4 Å². The van der Waals surface area contributed by atoms with E-state index in [2.05, 4.69) is 5.32 Å². The van der Waals surface area contributed by atoms with Gasteiger partial charge in [-0.05, 0) is 38.1 Å². The topological polar surface area (TPSA) is 84.7 Å². The number of nitrogens with zero attached hydrogens (tertiary/aromatic N) is 1. The molecule has 0 spiro atoms. The molecule has 0 saturated carbocycles. The van der Waals surface area contributed by atoms with E-state index in [1.807, 2.05) is 0 Å². The van der Waals surface area contributed by atoms with Crippen molar-refractivity contribution in [1.29, 1.82) is 0 Å². The van der Waals surface area contributed by atoms with Gasteiger partial charge in [-0.15, -0.1) is 0 Å². The number of hydrogen-bond acceptors (Lipinski definition) is 4. The maximum atomic E-state index is 12.8. The lowest BCUT2D eigenvalue weighted by molar-refractivity contribution is -0.138. The minimum atomic E-state index is -0.814. The van der Waals surface area contributed by atoms with Gasteiger partial charge in [0.2, 0.25) is 11.8 Å². The number of benzene rings is 1. The van der Waals surface area contributed by atoms with Crippen molar-refractivity contribution in [3.8, 4) is 0 Å². The van der Waals surface area contributed by atoms with Crippen LogP contribution in [0.4, 0.5) is 10.1 Å². The number of nitrogens with one attached hydrogen (secondary N) is 1. The Hall–Kier alpha value is -1.99. The van der Waals surface area contributed by atoms with E-state index in [4.69, 9.17) is 10.5 Å². The average Bonchev–Trinajstić information content (AvgIpc) is 2.46. The Morgan fingerprint density at radius 3 is 2.41 bits per heavy atom. The first-order valence-electron chi connectivity index (χ1n) is 6.95. The molecular formula is C15H22FN3O3. The second kappa shape index (κ2) is 8.45. The van der Waals surface area contributed by atoms with E-state index in [1.165, 1.54) is 36.3 Å². The molecule has 7 heteroatoms. The molecule has 1 unspecified atom stereocenters. The summed E-state index contributed by atoms with van der Waals surface area (Å²) >= 11 is 0. The lowest BCUT2D eigenvalue weighted by Crippen LogP contribution is -2.51. The third-order valence-corrected chi connectivity index (χ3v) is 3.01. The van der Waals surface area contributed by atoms with Crippen molar-refractivity contribution in [2.45, 2.75) is 25.9 Å². The Balaban J connectivity index is 2.68. The summed E-state index contributed by atoms with van der Waals surface area (Å²) in [6.45, 7) is 3.54. The quantitative estimate of drug-likeness (QED) is 0.786. The van der Waals surface area contributed by atoms with Crippen LogP contribution in [-0.2, 0) is 14.3 Å². The lowest BCUT2D eigenvalue weighted by Gasteiger charge is -2.28. The van der Waals surface area contributed by atoms with Gasteiger partial charge < -0.3 is 20.7 Å². The maximum Gasteiger partial charge on any atom is 0.244 e. The molecule has 2 amide bonds. The van der Waals surface area contributed by atoms with Crippen molar-refractivity contribution in [3.05, 3.63) is 30.1 Å². The van der Waals surface area contributed by atoms with Crippen LogP contribution in [0.2, 0.25) is 0 Å². The van der Waals surface area contributed by atoms with E-state index in [1.54, 1.807) is 13.8 Å². The Morgan fingerprint density at radius 1 is 1.32 bits per heavy atom. The summed E-state index contributed by atoms with van der Waals surface area (Å²) in [6, 6.07) is 4.39. The van der Waals surface area contributed by atoms with Gasteiger partial charge in [0, 0.05) is 18.8 Å². The third-order valence-electron chi connectivity index (χ3n) is 3.01. The van der Waals surface area contributed by atoms with E-state index in [0.29, 0.717) is 5.69 Å². The summed E-state index contributed by atoms with van der Waals surface area (Å²) in [4.78, 5) is 25.6. The number of amides is 2. The third kappa shape index (κ3) is 5.42. The lowest BCUT2D eigenvalue weighted by atomic mass is 10.2. The zero-order valence-corrected chi connectivity index (χ0v) is 13.0. The highest BCUT2D eigenvalue weighted by Crippen LogP contribution is 2.09. The highest BCUT2D eigenvalue weighted by Gasteiger charge is 2.25. The fraction of sp³-hybridized carbons (Fsp3) is 0.467. The molecule has 0 bridgehead atoms. The summed E-state index contributed by atoms with van der Waals surface area (Å²) in [5.41, 5.74) is 6.18. The van der Waals surface area contributed by atoms with Crippen molar-refractivity contribution in [3.63, 3.8) is 0 Å². The molecule has 6 nitrogen and oxygen atoms in total. The number of carbonyl (C=O) groups is 2. The van der Waals surface area contributed by atoms with Crippen molar-refractivity contribution in [1.82, 2.24) is 4.90 Å². The zero-order chi connectivity index (χ0) is 16.7. The smallest absolute Gasteiger partial charge is 0.244 e. The van der Waals surface area contributed by atoms with Gasteiger partial charge in [-0.1, -0.05) is 0 Å². The number of ether oxygens (including phenoxy) is 1. The fourth-order valence-electron chi connectivity index (χ4n) is 1.87. The molecule has 0 aliphatic rings. The van der Waals surface area contributed by atoms with Crippen LogP contribution in [0.3, 0.4) is 0 Å². The molecule has 22 heavy (non-hydrogen) atoms. The number of carbonyl (C=O) groups excluding carboxylic acids is 2. The summed E-state index contributed by atoms with van der Waals surface area (Å²) < 4.78 is 17.7. The van der Waals surface area contributed by atoms with Crippen LogP contribution >= 0.6 is 0 Å². The van der Waals surface area contributed by atoms with Crippen molar-refractivity contribution in [2.24, 2.45) is 5.73 Å². The SMILES string of the molecule is COCC(N)C(=O)N(CC(=O)Nc1ccc(F)cc1)C(C)C. The van der Waals surface area contributed by atoms with Crippen LogP contribution in [0.1, 0.15) is 13.8 Å². The van der Waals surface area contributed by atoms with Crippen LogP contribution in [-0.4, -0.2) is 49.1 Å². The molecule has 0 fully saturated rings. The van der Waals surface area contributed by atoms with Crippen LogP contribution < -0.4 is 11.1 Å². The number of hydrogen-bond donors (Lipinski definition) is 2. The Kier molecular flexibility index (Phi) is 6.94. The molecule has 0 aromatic heterocycles. The van der Waals surface area contributed by atoms with E-state index in [9.17, 15) is 14.0 Å². The van der Waals surface area contributed by atoms with Gasteiger partial charge in [-0.2, -0.15) is 0 Å². The van der Waals surface area contributed by atoms with Crippen LogP contribution in [0.15, 0.2) is 24.3 Å². The largest absolute Gasteiger partial charge is 0.383 e. The number of methoxy groups -OCH3 is 1. The minimum absolute atomic E-state index is 0.0850. The van der Waals surface area contributed by atoms with Gasteiger partial charge in [-0.3, -0.25) is 9.59 Å². The van der Waals surface area contributed by atoms with E-state index < -0.39 is 6.04 Å². The first-order chi connectivity index (χ1) is 10.3. The molecule has 0 aliphatic carbocycles. The van der Waals surface area contributed by atoms with Gasteiger partial charge in [0.15, 0.2) is 0 Å². The maximum absolute atomic E-state index is 12.8. The summed E-state index contributed by atoms with van der Waals surface area (Å²) in [5.74, 6) is -1.12. The molecule has 1 atom stereocenters. The number of nitrogens with two attached hydrogens (primary N) is 1. The Bertz CT molecular complexity index is 505. The van der Waals surface area contributed by atoms with Gasteiger partial charge >= 0.3 is 0 Å². The number of rotatable bonds is 7. The predicted molar refractivity (Wildman–Crippen MR) is 81.7 cm³/mol. The predicted octanol–water partition coefficient (Wildman–Crippen LogP) is 0.975. The highest BCUT2D eigenvalue weighted by atomic mass is 19.1. The first-order valence-corrected chi connectivity index (χ1v) is 6.95. The highest BCUT2D eigenvalue weighted by molar-refractivity contribution is 5.95. The average molecular weight is 311 g/mol. The molecule has 122 valence electrons. The molecule has 1 rings (SSSR count). The minimum Gasteiger partial charge on any atom is -0.383 e. The van der Waals surface area contributed by atoms with Crippen LogP contribution in [0, 0.1) is 5.82 Å². The van der Waals surface area contributed by atoms with Crippen LogP contribution in [0.5, 0.6) is 0 Å². The van der Waals surface area contributed by atoms with Crippen molar-refractivity contribution in [2.75, 3.05) is 25.6 Å². The molecule has 0 radical (unpaired) electrons. The monoisotopic (exact) mass is 311 g/mol. The van der Waals surface area contributed by atoms with E-state index in [0.717, 1.165) is 0 Å². The molecule has 3 N–H and O–H groups in total. The molecule has 0 saturated heterocycles. The van der Waals surface area contributed by atoms with Gasteiger partial charge in [0.05, 0.1) is 6.61 Å². The first kappa shape index (κ1) is 18.1. The van der Waals surface area contributed by atoms with E-state index >= 15 is 0 Å². The van der Waals surface area contributed by atoms with Crippen molar-refractivity contribution < 1.29 is 18.7 Å². The normalized spacial score (nSPS) is 12.1. The zero-order valence-electron chi connectivity index (χ0n) is 13.0. The van der Waals surface area contributed by atoms with Crippen molar-refractivity contribution >= 4 is 17.5 Å². The summed E-state index contributed by atoms with van der Waals surface area (Å²) in [5, 5.41) is 2.61. The standard InChI is InChI=1S/C15H22FN3O3/c1-10(2)19(15(21)13(17)9-22-3)8-14(20)18-12-6-4-11(16)5-7-12/h4-7,10,13H,8-9,17H2,1-3H3,(H,18,20).